The minimum absolute atomic E-state index is 0.191. The van der Waals surface area contributed by atoms with E-state index in [4.69, 9.17) is 0 Å². The van der Waals surface area contributed by atoms with Gasteiger partial charge in [-0.1, -0.05) is 91.0 Å². The number of nitrogens with zero attached hydrogens (tertiary/aromatic N) is 2. The predicted octanol–water partition coefficient (Wildman–Crippen LogP) is 3.96. The van der Waals surface area contributed by atoms with Crippen LogP contribution in [0.2, 0.25) is 0 Å². The van der Waals surface area contributed by atoms with Crippen LogP contribution in [0.1, 0.15) is 29.5 Å². The molecular formula is C29H29N3O3. The molecular weight excluding hydrogens is 438 g/mol. The summed E-state index contributed by atoms with van der Waals surface area (Å²) in [5.41, 5.74) is 1.31. The minimum atomic E-state index is -1.34. The van der Waals surface area contributed by atoms with Crippen LogP contribution in [-0.2, 0) is 21.5 Å². The van der Waals surface area contributed by atoms with Gasteiger partial charge in [-0.3, -0.25) is 14.5 Å². The molecule has 178 valence electrons. The fourth-order valence-corrected chi connectivity index (χ4v) is 5.22. The van der Waals surface area contributed by atoms with Crippen LogP contribution in [-0.4, -0.2) is 47.3 Å². The van der Waals surface area contributed by atoms with E-state index < -0.39 is 17.5 Å². The number of urea groups is 1. The molecule has 3 aromatic carbocycles. The standard InChI is InChI=1S/C29H29N3O3/c33-26(31-18-16-23(17-19-31)20-22-10-4-1-5-11-22)21-32-27(34)29(30-28(32)35,24-12-6-2-7-13-24)25-14-8-3-9-15-25/h1-15,23H,16-21H2,(H,30,35). The van der Waals surface area contributed by atoms with Crippen molar-refractivity contribution in [3.63, 3.8) is 0 Å². The van der Waals surface area contributed by atoms with Gasteiger partial charge in [-0.25, -0.2) is 4.79 Å². The summed E-state index contributed by atoms with van der Waals surface area (Å²) in [6.45, 7) is 1.03. The molecule has 6 heteroatoms. The van der Waals surface area contributed by atoms with Crippen molar-refractivity contribution in [3.05, 3.63) is 108 Å². The van der Waals surface area contributed by atoms with Crippen molar-refractivity contribution < 1.29 is 14.4 Å². The molecule has 2 fully saturated rings. The van der Waals surface area contributed by atoms with Gasteiger partial charge in [-0.2, -0.15) is 0 Å². The molecule has 0 aliphatic carbocycles. The lowest BCUT2D eigenvalue weighted by Crippen LogP contribution is -2.47. The van der Waals surface area contributed by atoms with Crippen molar-refractivity contribution >= 4 is 17.8 Å². The van der Waals surface area contributed by atoms with Crippen molar-refractivity contribution in [2.24, 2.45) is 5.92 Å². The normalized spacial score (nSPS) is 17.9. The molecule has 1 N–H and O–H groups in total. The first-order chi connectivity index (χ1) is 17.1. The summed E-state index contributed by atoms with van der Waals surface area (Å²) >= 11 is 0. The first-order valence-electron chi connectivity index (χ1n) is 12.1. The second-order valence-electron chi connectivity index (χ2n) is 9.32. The van der Waals surface area contributed by atoms with Gasteiger partial charge in [-0.15, -0.1) is 0 Å². The van der Waals surface area contributed by atoms with Gasteiger partial charge in [0.1, 0.15) is 6.54 Å². The number of piperidine rings is 1. The fourth-order valence-electron chi connectivity index (χ4n) is 5.22. The Hall–Kier alpha value is -3.93. The second kappa shape index (κ2) is 9.74. The summed E-state index contributed by atoms with van der Waals surface area (Å²) < 4.78 is 0. The predicted molar refractivity (Wildman–Crippen MR) is 133 cm³/mol. The molecule has 0 unspecified atom stereocenters. The number of rotatable bonds is 6. The van der Waals surface area contributed by atoms with E-state index in [1.165, 1.54) is 5.56 Å². The van der Waals surface area contributed by atoms with E-state index in [2.05, 4.69) is 29.6 Å². The summed E-state index contributed by atoms with van der Waals surface area (Å²) in [5.74, 6) is -0.0854. The highest BCUT2D eigenvalue weighted by Gasteiger charge is 2.54. The average molecular weight is 468 g/mol. The highest BCUT2D eigenvalue weighted by molar-refractivity contribution is 6.11. The number of carbonyl (C=O) groups is 3. The van der Waals surface area contributed by atoms with Crippen molar-refractivity contribution in [1.82, 2.24) is 15.1 Å². The molecule has 0 atom stereocenters. The monoisotopic (exact) mass is 467 g/mol. The van der Waals surface area contributed by atoms with E-state index in [0.29, 0.717) is 30.1 Å². The van der Waals surface area contributed by atoms with Crippen LogP contribution in [0.4, 0.5) is 4.79 Å². The Bertz CT molecular complexity index is 1150. The number of carbonyl (C=O) groups excluding carboxylic acids is 3. The fraction of sp³-hybridized carbons (Fsp3) is 0.276. The van der Waals surface area contributed by atoms with Gasteiger partial charge in [-0.05, 0) is 41.9 Å². The Morgan fingerprint density at radius 2 is 1.31 bits per heavy atom. The van der Waals surface area contributed by atoms with Crippen molar-refractivity contribution in [2.75, 3.05) is 19.6 Å². The van der Waals surface area contributed by atoms with Crippen LogP contribution >= 0.6 is 0 Å². The molecule has 5 rings (SSSR count). The Balaban J connectivity index is 1.29. The molecule has 0 aromatic heterocycles. The summed E-state index contributed by atoms with van der Waals surface area (Å²) in [6, 6.07) is 28.3. The Morgan fingerprint density at radius 1 is 0.800 bits per heavy atom. The Morgan fingerprint density at radius 3 is 1.86 bits per heavy atom. The zero-order valence-corrected chi connectivity index (χ0v) is 19.6. The summed E-state index contributed by atoms with van der Waals surface area (Å²) in [5, 5.41) is 2.91. The third kappa shape index (κ3) is 4.44. The minimum Gasteiger partial charge on any atom is -0.341 e. The number of amides is 4. The number of imide groups is 1. The highest BCUT2D eigenvalue weighted by Crippen LogP contribution is 2.36. The third-order valence-corrected chi connectivity index (χ3v) is 7.15. The van der Waals surface area contributed by atoms with E-state index in [1.807, 2.05) is 66.7 Å². The maximum absolute atomic E-state index is 13.8. The van der Waals surface area contributed by atoms with Crippen molar-refractivity contribution in [2.45, 2.75) is 24.8 Å². The quantitative estimate of drug-likeness (QED) is 0.558. The van der Waals surface area contributed by atoms with Gasteiger partial charge in [0.2, 0.25) is 5.91 Å². The van der Waals surface area contributed by atoms with E-state index in [0.717, 1.165) is 24.2 Å². The molecule has 2 aliphatic rings. The Kier molecular flexibility index (Phi) is 6.36. The van der Waals surface area contributed by atoms with Gasteiger partial charge < -0.3 is 10.2 Å². The topological polar surface area (TPSA) is 69.7 Å². The van der Waals surface area contributed by atoms with E-state index >= 15 is 0 Å². The first-order valence-corrected chi connectivity index (χ1v) is 12.1. The van der Waals surface area contributed by atoms with Gasteiger partial charge in [0, 0.05) is 13.1 Å². The smallest absolute Gasteiger partial charge is 0.326 e. The maximum Gasteiger partial charge on any atom is 0.326 e. The molecule has 6 nitrogen and oxygen atoms in total. The van der Waals surface area contributed by atoms with Gasteiger partial charge in [0.05, 0.1) is 0 Å². The van der Waals surface area contributed by atoms with Gasteiger partial charge in [0.15, 0.2) is 5.54 Å². The SMILES string of the molecule is O=C(CN1C(=O)NC(c2ccccc2)(c2ccccc2)C1=O)N1CCC(Cc2ccccc2)CC1. The zero-order chi connectivity index (χ0) is 24.3. The molecule has 4 amide bonds. The maximum atomic E-state index is 13.8. The molecule has 0 saturated carbocycles. The number of hydrogen-bond acceptors (Lipinski definition) is 3. The summed E-state index contributed by atoms with van der Waals surface area (Å²) in [7, 11) is 0. The number of nitrogens with one attached hydrogen (secondary N) is 1. The third-order valence-electron chi connectivity index (χ3n) is 7.15. The summed E-state index contributed by atoms with van der Waals surface area (Å²) in [6.07, 6.45) is 2.84. The molecule has 2 heterocycles. The molecule has 0 spiro atoms. The van der Waals surface area contributed by atoms with Gasteiger partial charge in [0.25, 0.3) is 5.91 Å². The number of benzene rings is 3. The van der Waals surface area contributed by atoms with Crippen LogP contribution in [0.15, 0.2) is 91.0 Å². The molecule has 0 radical (unpaired) electrons. The highest BCUT2D eigenvalue weighted by atomic mass is 16.2. The second-order valence-corrected chi connectivity index (χ2v) is 9.32. The molecule has 35 heavy (non-hydrogen) atoms. The lowest BCUT2D eigenvalue weighted by molar-refractivity contribution is -0.139. The average Bonchev–Trinajstić information content (AvgIpc) is 3.16. The Labute approximate surface area is 205 Å². The molecule has 2 aliphatic heterocycles. The summed E-state index contributed by atoms with van der Waals surface area (Å²) in [4.78, 5) is 42.8. The van der Waals surface area contributed by atoms with Gasteiger partial charge >= 0.3 is 6.03 Å². The van der Waals surface area contributed by atoms with E-state index in [1.54, 1.807) is 4.90 Å². The van der Waals surface area contributed by atoms with E-state index in [-0.39, 0.29) is 12.5 Å². The lowest BCUT2D eigenvalue weighted by Gasteiger charge is -2.33. The zero-order valence-electron chi connectivity index (χ0n) is 19.6. The van der Waals surface area contributed by atoms with Crippen LogP contribution in [0.25, 0.3) is 0 Å². The van der Waals surface area contributed by atoms with Crippen molar-refractivity contribution in [1.29, 1.82) is 0 Å². The lowest BCUT2D eigenvalue weighted by atomic mass is 9.82. The van der Waals surface area contributed by atoms with Crippen LogP contribution in [0.3, 0.4) is 0 Å². The molecule has 0 bridgehead atoms. The van der Waals surface area contributed by atoms with Crippen molar-refractivity contribution in [3.8, 4) is 0 Å². The van der Waals surface area contributed by atoms with E-state index in [9.17, 15) is 14.4 Å². The molecule has 3 aromatic rings. The van der Waals surface area contributed by atoms with Crippen LogP contribution < -0.4 is 5.32 Å². The number of hydrogen-bond donors (Lipinski definition) is 1. The van der Waals surface area contributed by atoms with Crippen LogP contribution in [0.5, 0.6) is 0 Å². The first kappa shape index (κ1) is 22.8. The van der Waals surface area contributed by atoms with Crippen LogP contribution in [0, 0.1) is 5.92 Å². The molecule has 2 saturated heterocycles. The largest absolute Gasteiger partial charge is 0.341 e. The number of likely N-dealkylation sites (tertiary alicyclic amines) is 1.